The molecular formula is C56H102O6. The van der Waals surface area contributed by atoms with Gasteiger partial charge in [-0.2, -0.15) is 0 Å². The van der Waals surface area contributed by atoms with Crippen LogP contribution < -0.4 is 0 Å². The van der Waals surface area contributed by atoms with E-state index in [1.54, 1.807) is 0 Å². The first-order valence-electron chi connectivity index (χ1n) is 27.0. The average Bonchev–Trinajstić information content (AvgIpc) is 3.27. The molecule has 0 aromatic carbocycles. The van der Waals surface area contributed by atoms with E-state index in [9.17, 15) is 14.4 Å². The standard InChI is InChI=1S/C56H102O6/c1-4-7-10-13-16-19-22-24-26-27-28-29-30-32-34-37-40-43-46-49-55(58)61-52-53(51-60-54(57)48-45-42-39-36-33-21-18-15-12-9-6-3)62-56(59)50-47-44-41-38-35-31-25-23-20-17-14-11-8-5-2/h8,11,17,20,25,31,53H,4-7,9-10,12-16,18-19,21-24,26-30,32-52H2,1-3H3/b11-8-,20-17-,31-25-. The number of rotatable bonds is 49. The summed E-state index contributed by atoms with van der Waals surface area (Å²) in [5, 5.41) is 0. The van der Waals surface area contributed by atoms with Gasteiger partial charge in [0.15, 0.2) is 6.10 Å². The predicted molar refractivity (Wildman–Crippen MR) is 266 cm³/mol. The SMILES string of the molecule is CC/C=C\C/C=C\C/C=C\CCCCCCC(=O)OC(COC(=O)CCCCCCCCCCCCC)COC(=O)CCCCCCCCCCCCCCCCCCCCC. The van der Waals surface area contributed by atoms with Crippen LogP contribution in [0, 0.1) is 0 Å². The smallest absolute Gasteiger partial charge is 0.306 e. The number of hydrogen-bond donors (Lipinski definition) is 0. The average molecular weight is 871 g/mol. The van der Waals surface area contributed by atoms with E-state index in [-0.39, 0.29) is 31.1 Å². The molecule has 362 valence electrons. The van der Waals surface area contributed by atoms with E-state index >= 15 is 0 Å². The Bertz CT molecular complexity index is 1050. The Morgan fingerprint density at radius 3 is 0.984 bits per heavy atom. The van der Waals surface area contributed by atoms with Gasteiger partial charge in [-0.3, -0.25) is 14.4 Å². The molecule has 1 atom stereocenters. The monoisotopic (exact) mass is 871 g/mol. The van der Waals surface area contributed by atoms with Crippen LogP contribution in [0.25, 0.3) is 0 Å². The maximum absolute atomic E-state index is 12.8. The summed E-state index contributed by atoms with van der Waals surface area (Å²) >= 11 is 0. The lowest BCUT2D eigenvalue weighted by atomic mass is 10.0. The molecule has 62 heavy (non-hydrogen) atoms. The number of carbonyl (C=O) groups excluding carboxylic acids is 3. The van der Waals surface area contributed by atoms with E-state index in [1.807, 2.05) is 0 Å². The molecule has 0 fully saturated rings. The molecule has 6 heteroatoms. The lowest BCUT2D eigenvalue weighted by Gasteiger charge is -2.18. The molecule has 0 radical (unpaired) electrons. The summed E-state index contributed by atoms with van der Waals surface area (Å²) in [6.45, 7) is 6.53. The molecule has 0 amide bonds. The zero-order valence-electron chi connectivity index (χ0n) is 41.4. The number of hydrogen-bond acceptors (Lipinski definition) is 6. The van der Waals surface area contributed by atoms with Crippen molar-refractivity contribution < 1.29 is 28.6 Å². The van der Waals surface area contributed by atoms with Crippen LogP contribution in [-0.4, -0.2) is 37.2 Å². The summed E-state index contributed by atoms with van der Waals surface area (Å²) in [6.07, 6.45) is 59.9. The third-order valence-corrected chi connectivity index (χ3v) is 11.9. The highest BCUT2D eigenvalue weighted by molar-refractivity contribution is 5.71. The van der Waals surface area contributed by atoms with Crippen molar-refractivity contribution in [3.8, 4) is 0 Å². The fraction of sp³-hybridized carbons (Fsp3) is 0.839. The van der Waals surface area contributed by atoms with E-state index in [2.05, 4.69) is 57.2 Å². The quantitative estimate of drug-likeness (QED) is 0.0262. The van der Waals surface area contributed by atoms with Crippen LogP contribution in [0.3, 0.4) is 0 Å². The Hall–Kier alpha value is -2.37. The summed E-state index contributed by atoms with van der Waals surface area (Å²) in [5.74, 6) is -0.886. The molecule has 0 aromatic rings. The normalized spacial score (nSPS) is 12.2. The second kappa shape index (κ2) is 51.3. The molecule has 1 unspecified atom stereocenters. The molecule has 0 N–H and O–H groups in total. The van der Waals surface area contributed by atoms with Gasteiger partial charge in [0.2, 0.25) is 0 Å². The molecule has 0 heterocycles. The summed E-state index contributed by atoms with van der Waals surface area (Å²) in [4.78, 5) is 38.0. The van der Waals surface area contributed by atoms with Crippen molar-refractivity contribution in [2.45, 2.75) is 290 Å². The summed E-state index contributed by atoms with van der Waals surface area (Å²) in [7, 11) is 0. The maximum atomic E-state index is 12.8. The van der Waals surface area contributed by atoms with E-state index in [0.717, 1.165) is 89.9 Å². The number of carbonyl (C=O) groups is 3. The van der Waals surface area contributed by atoms with Gasteiger partial charge in [-0.15, -0.1) is 0 Å². The first kappa shape index (κ1) is 59.6. The molecule has 0 aliphatic rings. The Morgan fingerprint density at radius 2 is 0.629 bits per heavy atom. The molecule has 0 aromatic heterocycles. The Balaban J connectivity index is 4.30. The van der Waals surface area contributed by atoms with Crippen molar-refractivity contribution in [1.82, 2.24) is 0 Å². The van der Waals surface area contributed by atoms with Crippen molar-refractivity contribution in [2.75, 3.05) is 13.2 Å². The molecule has 0 bridgehead atoms. The van der Waals surface area contributed by atoms with E-state index in [1.165, 1.54) is 154 Å². The Labute approximate surface area is 385 Å². The lowest BCUT2D eigenvalue weighted by molar-refractivity contribution is -0.167. The summed E-state index contributed by atoms with van der Waals surface area (Å²) < 4.78 is 16.8. The Kier molecular flexibility index (Phi) is 49.3. The van der Waals surface area contributed by atoms with Gasteiger partial charge in [0, 0.05) is 19.3 Å². The van der Waals surface area contributed by atoms with Gasteiger partial charge in [0.05, 0.1) is 0 Å². The van der Waals surface area contributed by atoms with Crippen LogP contribution in [0.5, 0.6) is 0 Å². The minimum Gasteiger partial charge on any atom is -0.462 e. The van der Waals surface area contributed by atoms with Crippen LogP contribution in [0.4, 0.5) is 0 Å². The highest BCUT2D eigenvalue weighted by Gasteiger charge is 2.19. The Morgan fingerprint density at radius 1 is 0.339 bits per heavy atom. The predicted octanol–water partition coefficient (Wildman–Crippen LogP) is 17.7. The zero-order chi connectivity index (χ0) is 45.1. The molecule has 0 aliphatic carbocycles. The minimum absolute atomic E-state index is 0.0770. The second-order valence-electron chi connectivity index (χ2n) is 18.1. The van der Waals surface area contributed by atoms with Crippen molar-refractivity contribution in [2.24, 2.45) is 0 Å². The van der Waals surface area contributed by atoms with E-state index in [0.29, 0.717) is 19.3 Å². The van der Waals surface area contributed by atoms with Crippen LogP contribution in [0.2, 0.25) is 0 Å². The number of allylic oxidation sites excluding steroid dienone is 6. The van der Waals surface area contributed by atoms with Crippen LogP contribution in [0.15, 0.2) is 36.5 Å². The maximum Gasteiger partial charge on any atom is 0.306 e. The highest BCUT2D eigenvalue weighted by Crippen LogP contribution is 2.16. The van der Waals surface area contributed by atoms with Crippen LogP contribution in [0.1, 0.15) is 284 Å². The number of unbranched alkanes of at least 4 members (excludes halogenated alkanes) is 32. The van der Waals surface area contributed by atoms with Crippen molar-refractivity contribution in [3.63, 3.8) is 0 Å². The number of esters is 3. The summed E-state index contributed by atoms with van der Waals surface area (Å²) in [6, 6.07) is 0. The second-order valence-corrected chi connectivity index (χ2v) is 18.1. The minimum atomic E-state index is -0.778. The van der Waals surface area contributed by atoms with Crippen LogP contribution in [-0.2, 0) is 28.6 Å². The van der Waals surface area contributed by atoms with Gasteiger partial charge < -0.3 is 14.2 Å². The van der Waals surface area contributed by atoms with E-state index < -0.39 is 6.10 Å². The van der Waals surface area contributed by atoms with Gasteiger partial charge in [0.1, 0.15) is 13.2 Å². The lowest BCUT2D eigenvalue weighted by Crippen LogP contribution is -2.30. The van der Waals surface area contributed by atoms with Crippen molar-refractivity contribution >= 4 is 17.9 Å². The fourth-order valence-corrected chi connectivity index (χ4v) is 7.87. The highest BCUT2D eigenvalue weighted by atomic mass is 16.6. The van der Waals surface area contributed by atoms with Crippen molar-refractivity contribution in [3.05, 3.63) is 36.5 Å². The van der Waals surface area contributed by atoms with E-state index in [4.69, 9.17) is 14.2 Å². The van der Waals surface area contributed by atoms with Gasteiger partial charge >= 0.3 is 17.9 Å². The largest absolute Gasteiger partial charge is 0.462 e. The van der Waals surface area contributed by atoms with Crippen LogP contribution >= 0.6 is 0 Å². The third kappa shape index (κ3) is 48.7. The first-order chi connectivity index (χ1) is 30.5. The van der Waals surface area contributed by atoms with Gasteiger partial charge in [-0.25, -0.2) is 0 Å². The van der Waals surface area contributed by atoms with Gasteiger partial charge in [-0.05, 0) is 51.4 Å². The van der Waals surface area contributed by atoms with Gasteiger partial charge in [0.25, 0.3) is 0 Å². The fourth-order valence-electron chi connectivity index (χ4n) is 7.87. The molecule has 0 saturated carbocycles. The summed E-state index contributed by atoms with van der Waals surface area (Å²) in [5.41, 5.74) is 0. The molecule has 0 spiro atoms. The van der Waals surface area contributed by atoms with Crippen molar-refractivity contribution in [1.29, 1.82) is 0 Å². The molecule has 0 saturated heterocycles. The zero-order valence-corrected chi connectivity index (χ0v) is 41.4. The molecular weight excluding hydrogens is 769 g/mol. The molecule has 0 aliphatic heterocycles. The molecule has 0 rings (SSSR count). The topological polar surface area (TPSA) is 78.9 Å². The first-order valence-corrected chi connectivity index (χ1v) is 27.0. The molecule has 6 nitrogen and oxygen atoms in total. The number of ether oxygens (including phenoxy) is 3. The third-order valence-electron chi connectivity index (χ3n) is 11.9. The van der Waals surface area contributed by atoms with Gasteiger partial charge in [-0.1, -0.05) is 250 Å².